The predicted molar refractivity (Wildman–Crippen MR) is 125 cm³/mol. The van der Waals surface area contributed by atoms with Gasteiger partial charge in [-0.1, -0.05) is 48.5 Å². The van der Waals surface area contributed by atoms with Crippen LogP contribution in [0, 0.1) is 13.8 Å². The molecule has 3 aromatic rings. The minimum Gasteiger partial charge on any atom is -0.294 e. The third-order valence-corrected chi connectivity index (χ3v) is 6.90. The van der Waals surface area contributed by atoms with Gasteiger partial charge in [-0.15, -0.1) is 0 Å². The monoisotopic (exact) mass is 422 g/mol. The molecule has 2 aromatic carbocycles. The average molecular weight is 423 g/mol. The highest BCUT2D eigenvalue weighted by Gasteiger charge is 2.42. The molecule has 0 spiro atoms. The summed E-state index contributed by atoms with van der Waals surface area (Å²) in [5.74, 6) is -0.00289. The largest absolute Gasteiger partial charge is 0.294 e. The molecule has 4 heteroatoms. The highest BCUT2D eigenvalue weighted by atomic mass is 16.2. The van der Waals surface area contributed by atoms with Crippen molar-refractivity contribution >= 4 is 17.4 Å². The molecule has 0 saturated heterocycles. The molecule has 160 valence electrons. The summed E-state index contributed by atoms with van der Waals surface area (Å²) in [6.45, 7) is 4.10. The normalized spacial score (nSPS) is 21.0. The maximum Gasteiger partial charge on any atom is 0.232 e. The summed E-state index contributed by atoms with van der Waals surface area (Å²) < 4.78 is 0. The number of allylic oxidation sites excluding steroid dienone is 2. The summed E-state index contributed by atoms with van der Waals surface area (Å²) in [7, 11) is 0. The molecule has 0 saturated carbocycles. The lowest BCUT2D eigenvalue weighted by atomic mass is 9.73. The van der Waals surface area contributed by atoms with Crippen LogP contribution >= 0.6 is 0 Å². The van der Waals surface area contributed by atoms with Crippen LogP contribution in [0.5, 0.6) is 0 Å². The molecular formula is C28H26N2O2. The van der Waals surface area contributed by atoms with Crippen molar-refractivity contribution in [2.75, 3.05) is 4.90 Å². The number of anilines is 1. The number of ketones is 1. The van der Waals surface area contributed by atoms with Crippen LogP contribution in [0.15, 0.2) is 84.3 Å². The first-order valence-corrected chi connectivity index (χ1v) is 11.1. The number of carbonyl (C=O) groups is 2. The molecule has 2 aliphatic rings. The Morgan fingerprint density at radius 2 is 1.62 bits per heavy atom. The zero-order chi connectivity index (χ0) is 22.2. The summed E-state index contributed by atoms with van der Waals surface area (Å²) >= 11 is 0. The zero-order valence-corrected chi connectivity index (χ0v) is 18.4. The van der Waals surface area contributed by atoms with Gasteiger partial charge in [0.1, 0.15) is 0 Å². The van der Waals surface area contributed by atoms with Crippen LogP contribution < -0.4 is 4.90 Å². The molecule has 1 aromatic heterocycles. The standard InChI is InChI=1S/C28H26N2O2/c1-18-8-6-12-24(19(18)2)30-25-14-22(20-9-4-3-5-10-20)15-26(31)28(25)23(16-27(30)32)21-11-7-13-29-17-21/h3-13,17,22-23H,14-16H2,1-2H3. The van der Waals surface area contributed by atoms with Crippen LogP contribution in [0.25, 0.3) is 0 Å². The molecule has 1 aliphatic carbocycles. The SMILES string of the molecule is Cc1cccc(N2C(=O)CC(c3cccnc3)C3=C2CC(c2ccccc2)CC3=O)c1C. The number of carbonyl (C=O) groups excluding carboxylic acids is 2. The number of aryl methyl sites for hydroxylation is 1. The molecule has 4 nitrogen and oxygen atoms in total. The minimum absolute atomic E-state index is 0.0350. The van der Waals surface area contributed by atoms with Gasteiger partial charge in [-0.2, -0.15) is 0 Å². The second-order valence-corrected chi connectivity index (χ2v) is 8.79. The fourth-order valence-corrected chi connectivity index (χ4v) is 5.12. The Morgan fingerprint density at radius 1 is 0.844 bits per heavy atom. The summed E-state index contributed by atoms with van der Waals surface area (Å²) in [5.41, 5.74) is 6.80. The number of aromatic nitrogens is 1. The fraction of sp³-hybridized carbons (Fsp3) is 0.250. The van der Waals surface area contributed by atoms with Crippen LogP contribution in [0.3, 0.4) is 0 Å². The van der Waals surface area contributed by atoms with E-state index in [1.807, 2.05) is 54.3 Å². The van der Waals surface area contributed by atoms with Crippen molar-refractivity contribution in [3.63, 3.8) is 0 Å². The number of hydrogen-bond donors (Lipinski definition) is 0. The van der Waals surface area contributed by atoms with Crippen molar-refractivity contribution in [3.05, 3.63) is 107 Å². The van der Waals surface area contributed by atoms with E-state index in [2.05, 4.69) is 30.1 Å². The molecule has 1 amide bonds. The summed E-state index contributed by atoms with van der Waals surface area (Å²) in [6.07, 6.45) is 4.92. The maximum atomic E-state index is 13.6. The fourth-order valence-electron chi connectivity index (χ4n) is 5.12. The topological polar surface area (TPSA) is 50.3 Å². The maximum absolute atomic E-state index is 13.6. The Labute approximate surface area is 188 Å². The molecule has 0 bridgehead atoms. The number of rotatable bonds is 3. The number of pyridine rings is 1. The highest BCUT2D eigenvalue weighted by Crippen LogP contribution is 2.47. The van der Waals surface area contributed by atoms with Gasteiger partial charge >= 0.3 is 0 Å². The predicted octanol–water partition coefficient (Wildman–Crippen LogP) is 5.62. The van der Waals surface area contributed by atoms with Gasteiger partial charge in [-0.3, -0.25) is 19.5 Å². The molecule has 2 unspecified atom stereocenters. The smallest absolute Gasteiger partial charge is 0.232 e. The third-order valence-electron chi connectivity index (χ3n) is 6.90. The lowest BCUT2D eigenvalue weighted by molar-refractivity contribution is -0.120. The van der Waals surface area contributed by atoms with E-state index in [1.165, 1.54) is 0 Å². The number of Topliss-reactive ketones (excluding diaryl/α,β-unsaturated/α-hetero) is 1. The van der Waals surface area contributed by atoms with E-state index in [9.17, 15) is 9.59 Å². The van der Waals surface area contributed by atoms with Crippen molar-refractivity contribution in [1.29, 1.82) is 0 Å². The minimum atomic E-state index is -0.239. The molecule has 5 rings (SSSR count). The lowest BCUT2D eigenvalue weighted by Gasteiger charge is -2.41. The Hall–Kier alpha value is -3.53. The zero-order valence-electron chi connectivity index (χ0n) is 18.4. The molecular weight excluding hydrogens is 396 g/mol. The summed E-state index contributed by atoms with van der Waals surface area (Å²) in [5, 5.41) is 0. The number of nitrogens with zero attached hydrogens (tertiary/aromatic N) is 2. The Balaban J connectivity index is 1.68. The molecule has 0 radical (unpaired) electrons. The van der Waals surface area contributed by atoms with Crippen molar-refractivity contribution in [2.45, 2.75) is 44.9 Å². The van der Waals surface area contributed by atoms with Crippen molar-refractivity contribution in [2.24, 2.45) is 0 Å². The van der Waals surface area contributed by atoms with E-state index in [4.69, 9.17) is 0 Å². The Kier molecular flexibility index (Phi) is 5.22. The third kappa shape index (κ3) is 3.46. The second kappa shape index (κ2) is 8.19. The van der Waals surface area contributed by atoms with Gasteiger partial charge in [0.05, 0.1) is 5.69 Å². The molecule has 2 atom stereocenters. The van der Waals surface area contributed by atoms with Crippen molar-refractivity contribution in [1.82, 2.24) is 4.98 Å². The van der Waals surface area contributed by atoms with Crippen molar-refractivity contribution in [3.8, 4) is 0 Å². The van der Waals surface area contributed by atoms with Gasteiger partial charge < -0.3 is 0 Å². The Bertz CT molecular complexity index is 1210. The van der Waals surface area contributed by atoms with Gasteiger partial charge in [0.25, 0.3) is 0 Å². The number of hydrogen-bond acceptors (Lipinski definition) is 3. The van der Waals surface area contributed by atoms with E-state index in [0.717, 1.165) is 39.2 Å². The second-order valence-electron chi connectivity index (χ2n) is 8.79. The van der Waals surface area contributed by atoms with Gasteiger partial charge in [0, 0.05) is 42.4 Å². The van der Waals surface area contributed by atoms with E-state index in [1.54, 1.807) is 12.4 Å². The van der Waals surface area contributed by atoms with Crippen LogP contribution in [0.4, 0.5) is 5.69 Å². The van der Waals surface area contributed by atoms with Gasteiger partial charge in [-0.25, -0.2) is 0 Å². The van der Waals surface area contributed by atoms with E-state index < -0.39 is 0 Å². The first-order chi connectivity index (χ1) is 15.5. The van der Waals surface area contributed by atoms with Crippen LogP contribution in [0.1, 0.15) is 53.4 Å². The quantitative estimate of drug-likeness (QED) is 0.550. The van der Waals surface area contributed by atoms with E-state index in [0.29, 0.717) is 12.8 Å². The van der Waals surface area contributed by atoms with Gasteiger partial charge in [0.15, 0.2) is 5.78 Å². The van der Waals surface area contributed by atoms with E-state index >= 15 is 0 Å². The van der Waals surface area contributed by atoms with Gasteiger partial charge in [-0.05, 0) is 60.6 Å². The molecule has 32 heavy (non-hydrogen) atoms. The molecule has 2 heterocycles. The Morgan fingerprint density at radius 3 is 2.38 bits per heavy atom. The van der Waals surface area contributed by atoms with Crippen LogP contribution in [-0.2, 0) is 9.59 Å². The van der Waals surface area contributed by atoms with Crippen LogP contribution in [0.2, 0.25) is 0 Å². The molecule has 0 N–H and O–H groups in total. The first kappa shape index (κ1) is 20.4. The average Bonchev–Trinajstić information content (AvgIpc) is 2.82. The highest BCUT2D eigenvalue weighted by molar-refractivity contribution is 6.08. The summed E-state index contributed by atoms with van der Waals surface area (Å²) in [4.78, 5) is 33.3. The van der Waals surface area contributed by atoms with Crippen molar-refractivity contribution < 1.29 is 9.59 Å². The molecule has 1 aliphatic heterocycles. The summed E-state index contributed by atoms with van der Waals surface area (Å²) in [6, 6.07) is 20.0. The number of benzene rings is 2. The van der Waals surface area contributed by atoms with Gasteiger partial charge in [0.2, 0.25) is 5.91 Å². The number of amides is 1. The van der Waals surface area contributed by atoms with Crippen LogP contribution in [-0.4, -0.2) is 16.7 Å². The first-order valence-electron chi connectivity index (χ1n) is 11.1. The lowest BCUT2D eigenvalue weighted by Crippen LogP contribution is -2.42. The van der Waals surface area contributed by atoms with E-state index in [-0.39, 0.29) is 29.9 Å². The molecule has 0 fully saturated rings.